The van der Waals surface area contributed by atoms with Crippen molar-refractivity contribution in [3.05, 3.63) is 12.2 Å². The lowest BCUT2D eigenvalue weighted by atomic mass is 9.67. The maximum atomic E-state index is 10.5. The van der Waals surface area contributed by atoms with Crippen LogP contribution in [-0.4, -0.2) is 6.29 Å². The molecule has 0 saturated carbocycles. The van der Waals surface area contributed by atoms with Gasteiger partial charge in [0.1, 0.15) is 6.29 Å². The molecule has 1 aliphatic rings. The van der Waals surface area contributed by atoms with Gasteiger partial charge in [0.2, 0.25) is 0 Å². The van der Waals surface area contributed by atoms with Crippen LogP contribution in [0.4, 0.5) is 0 Å². The Kier molecular flexibility index (Phi) is 2.41. The topological polar surface area (TPSA) is 17.1 Å². The molecule has 12 heavy (non-hydrogen) atoms. The summed E-state index contributed by atoms with van der Waals surface area (Å²) in [5.41, 5.74) is 0.482. The third-order valence-electron chi connectivity index (χ3n) is 2.62. The highest BCUT2D eigenvalue weighted by atomic mass is 16.1. The SMILES string of the molecule is CC1(C)CC=CC(C)(CC=O)C1. The highest BCUT2D eigenvalue weighted by Gasteiger charge is 2.32. The van der Waals surface area contributed by atoms with Gasteiger partial charge in [0.25, 0.3) is 0 Å². The van der Waals surface area contributed by atoms with Gasteiger partial charge in [-0.1, -0.05) is 32.9 Å². The molecule has 1 unspecified atom stereocenters. The number of allylic oxidation sites excluding steroid dienone is 2. The molecule has 0 heterocycles. The van der Waals surface area contributed by atoms with E-state index in [1.54, 1.807) is 0 Å². The zero-order valence-electron chi connectivity index (χ0n) is 8.26. The minimum Gasteiger partial charge on any atom is -0.303 e. The zero-order valence-corrected chi connectivity index (χ0v) is 8.26. The van der Waals surface area contributed by atoms with Crippen LogP contribution < -0.4 is 0 Å². The molecule has 1 rings (SSSR count). The summed E-state index contributed by atoms with van der Waals surface area (Å²) in [6, 6.07) is 0. The van der Waals surface area contributed by atoms with Gasteiger partial charge in [0, 0.05) is 6.42 Å². The molecular formula is C11H18O. The molecule has 0 spiro atoms. The van der Waals surface area contributed by atoms with Crippen molar-refractivity contribution in [2.75, 3.05) is 0 Å². The molecule has 0 amide bonds. The maximum Gasteiger partial charge on any atom is 0.120 e. The number of rotatable bonds is 2. The fourth-order valence-electron chi connectivity index (χ4n) is 2.22. The highest BCUT2D eigenvalue weighted by molar-refractivity contribution is 5.51. The Morgan fingerprint density at radius 1 is 1.42 bits per heavy atom. The van der Waals surface area contributed by atoms with Gasteiger partial charge in [-0.05, 0) is 23.7 Å². The lowest BCUT2D eigenvalue weighted by Crippen LogP contribution is -2.27. The van der Waals surface area contributed by atoms with E-state index in [4.69, 9.17) is 0 Å². The zero-order chi connectivity index (χ0) is 9.24. The second-order valence-corrected chi connectivity index (χ2v) is 4.97. The summed E-state index contributed by atoms with van der Waals surface area (Å²) in [4.78, 5) is 10.5. The quantitative estimate of drug-likeness (QED) is 0.455. The van der Waals surface area contributed by atoms with Crippen LogP contribution in [0.5, 0.6) is 0 Å². The third kappa shape index (κ3) is 2.20. The van der Waals surface area contributed by atoms with E-state index >= 15 is 0 Å². The Hall–Kier alpha value is -0.590. The van der Waals surface area contributed by atoms with Crippen molar-refractivity contribution in [3.8, 4) is 0 Å². The van der Waals surface area contributed by atoms with E-state index < -0.39 is 0 Å². The fourth-order valence-corrected chi connectivity index (χ4v) is 2.22. The number of hydrogen-bond acceptors (Lipinski definition) is 1. The monoisotopic (exact) mass is 166 g/mol. The Morgan fingerprint density at radius 3 is 2.58 bits per heavy atom. The lowest BCUT2D eigenvalue weighted by molar-refractivity contribution is -0.109. The van der Waals surface area contributed by atoms with E-state index in [9.17, 15) is 4.79 Å². The van der Waals surface area contributed by atoms with Gasteiger partial charge in [-0.2, -0.15) is 0 Å². The van der Waals surface area contributed by atoms with Gasteiger partial charge in [-0.15, -0.1) is 0 Å². The molecular weight excluding hydrogens is 148 g/mol. The summed E-state index contributed by atoms with van der Waals surface area (Å²) >= 11 is 0. The average molecular weight is 166 g/mol. The predicted molar refractivity (Wildman–Crippen MR) is 50.9 cm³/mol. The van der Waals surface area contributed by atoms with E-state index in [-0.39, 0.29) is 5.41 Å². The van der Waals surface area contributed by atoms with Crippen molar-refractivity contribution >= 4 is 6.29 Å². The summed E-state index contributed by atoms with van der Waals surface area (Å²) < 4.78 is 0. The maximum absolute atomic E-state index is 10.5. The normalized spacial score (nSPS) is 33.2. The average Bonchev–Trinajstić information content (AvgIpc) is 1.83. The molecule has 0 fully saturated rings. The van der Waals surface area contributed by atoms with Gasteiger partial charge < -0.3 is 4.79 Å². The number of hydrogen-bond donors (Lipinski definition) is 0. The molecule has 0 aromatic heterocycles. The summed E-state index contributed by atoms with van der Waals surface area (Å²) in [5.74, 6) is 0. The molecule has 0 aromatic rings. The lowest BCUT2D eigenvalue weighted by Gasteiger charge is -2.37. The summed E-state index contributed by atoms with van der Waals surface area (Å²) in [6.07, 6.45) is 8.37. The molecule has 0 aromatic carbocycles. The van der Waals surface area contributed by atoms with Crippen molar-refractivity contribution in [2.45, 2.75) is 40.0 Å². The second kappa shape index (κ2) is 3.04. The van der Waals surface area contributed by atoms with Crippen LogP contribution in [-0.2, 0) is 4.79 Å². The van der Waals surface area contributed by atoms with Crippen molar-refractivity contribution < 1.29 is 4.79 Å². The summed E-state index contributed by atoms with van der Waals surface area (Å²) in [7, 11) is 0. The van der Waals surface area contributed by atoms with Crippen LogP contribution in [0.15, 0.2) is 12.2 Å². The van der Waals surface area contributed by atoms with Crippen LogP contribution in [0.2, 0.25) is 0 Å². The Morgan fingerprint density at radius 2 is 2.08 bits per heavy atom. The van der Waals surface area contributed by atoms with E-state index in [0.29, 0.717) is 11.8 Å². The molecule has 1 heteroatoms. The largest absolute Gasteiger partial charge is 0.303 e. The van der Waals surface area contributed by atoms with Crippen LogP contribution >= 0.6 is 0 Å². The van der Waals surface area contributed by atoms with E-state index in [1.807, 2.05) is 0 Å². The number of carbonyl (C=O) groups excluding carboxylic acids is 1. The molecule has 0 N–H and O–H groups in total. The first-order valence-corrected chi connectivity index (χ1v) is 4.59. The first-order chi connectivity index (χ1) is 5.47. The van der Waals surface area contributed by atoms with Gasteiger partial charge in [0.05, 0.1) is 0 Å². The molecule has 1 atom stereocenters. The minimum atomic E-state index is 0.115. The van der Waals surface area contributed by atoms with Gasteiger partial charge in [-0.3, -0.25) is 0 Å². The van der Waals surface area contributed by atoms with Crippen molar-refractivity contribution in [1.82, 2.24) is 0 Å². The molecule has 1 nitrogen and oxygen atoms in total. The first-order valence-electron chi connectivity index (χ1n) is 4.59. The third-order valence-corrected chi connectivity index (χ3v) is 2.62. The smallest absolute Gasteiger partial charge is 0.120 e. The van der Waals surface area contributed by atoms with Gasteiger partial charge in [0.15, 0.2) is 0 Å². The van der Waals surface area contributed by atoms with E-state index in [0.717, 1.165) is 19.1 Å². The van der Waals surface area contributed by atoms with E-state index in [1.165, 1.54) is 0 Å². The highest BCUT2D eigenvalue weighted by Crippen LogP contribution is 2.43. The van der Waals surface area contributed by atoms with Crippen molar-refractivity contribution in [3.63, 3.8) is 0 Å². The molecule has 0 bridgehead atoms. The molecule has 0 aliphatic heterocycles. The summed E-state index contributed by atoms with van der Waals surface area (Å²) in [5, 5.41) is 0. The number of carbonyl (C=O) groups is 1. The molecule has 0 saturated heterocycles. The Labute approximate surface area is 74.9 Å². The van der Waals surface area contributed by atoms with Gasteiger partial charge >= 0.3 is 0 Å². The van der Waals surface area contributed by atoms with Gasteiger partial charge in [-0.25, -0.2) is 0 Å². The predicted octanol–water partition coefficient (Wildman–Crippen LogP) is 2.96. The van der Waals surface area contributed by atoms with Crippen LogP contribution in [0.1, 0.15) is 40.0 Å². The Balaban J connectivity index is 2.74. The molecule has 68 valence electrons. The number of aldehydes is 1. The van der Waals surface area contributed by atoms with Crippen LogP contribution in [0.25, 0.3) is 0 Å². The molecule has 1 aliphatic carbocycles. The molecule has 0 radical (unpaired) electrons. The van der Waals surface area contributed by atoms with Crippen LogP contribution in [0.3, 0.4) is 0 Å². The standard InChI is InChI=1S/C11H18O/c1-10(2)5-4-6-11(3,9-10)7-8-12/h4,6,8H,5,7,9H2,1-3H3. The second-order valence-electron chi connectivity index (χ2n) is 4.97. The summed E-state index contributed by atoms with van der Waals surface area (Å²) in [6.45, 7) is 6.69. The van der Waals surface area contributed by atoms with Crippen molar-refractivity contribution in [1.29, 1.82) is 0 Å². The first kappa shape index (κ1) is 9.50. The van der Waals surface area contributed by atoms with E-state index in [2.05, 4.69) is 32.9 Å². The Bertz CT molecular complexity index is 203. The van der Waals surface area contributed by atoms with Crippen molar-refractivity contribution in [2.24, 2.45) is 10.8 Å². The fraction of sp³-hybridized carbons (Fsp3) is 0.727. The minimum absolute atomic E-state index is 0.115. The van der Waals surface area contributed by atoms with Crippen LogP contribution in [0, 0.1) is 10.8 Å².